The third-order valence-electron chi connectivity index (χ3n) is 3.82. The number of carbonyl (C=O) groups excluding carboxylic acids is 1. The molecule has 0 radical (unpaired) electrons. The number of hydrogen-bond donors (Lipinski definition) is 1. The lowest BCUT2D eigenvalue weighted by Gasteiger charge is -2.40. The highest BCUT2D eigenvalue weighted by molar-refractivity contribution is 8.00. The molecule has 1 heterocycles. The molecule has 0 bridgehead atoms. The van der Waals surface area contributed by atoms with Gasteiger partial charge in [-0.25, -0.2) is 0 Å². The Morgan fingerprint density at radius 3 is 2.62 bits per heavy atom. The van der Waals surface area contributed by atoms with E-state index in [0.29, 0.717) is 30.3 Å². The molecule has 1 aliphatic heterocycles. The zero-order valence-electron chi connectivity index (χ0n) is 13.4. The lowest BCUT2D eigenvalue weighted by molar-refractivity contribution is -0.177. The molecule has 122 valence electrons. The van der Waals surface area contributed by atoms with E-state index >= 15 is 0 Å². The summed E-state index contributed by atoms with van der Waals surface area (Å²) in [5, 5.41) is 3.65. The molecule has 2 atom stereocenters. The average molecular weight is 317 g/mol. The minimum Gasteiger partial charge on any atom is -0.459 e. The fourth-order valence-electron chi connectivity index (χ4n) is 2.92. The van der Waals surface area contributed by atoms with Gasteiger partial charge in [-0.2, -0.15) is 0 Å². The van der Waals surface area contributed by atoms with Crippen molar-refractivity contribution in [2.45, 2.75) is 62.7 Å². The Labute approximate surface area is 131 Å². The fraction of sp³-hybridized carbons (Fsp3) is 0.933. The van der Waals surface area contributed by atoms with E-state index in [9.17, 15) is 4.79 Å². The highest BCUT2D eigenvalue weighted by Gasteiger charge is 2.45. The molecular weight excluding hydrogens is 290 g/mol. The standard InChI is InChI=1S/C15H27NO4S/c1-14(2,3)20-13(17)10-21-12-9-15(18-7-8-19-15)6-5-11(12)16-4/h11-12,16H,5-10H2,1-4H3. The second kappa shape index (κ2) is 6.86. The van der Waals surface area contributed by atoms with Gasteiger partial charge in [0.1, 0.15) is 5.60 Å². The van der Waals surface area contributed by atoms with Crippen LogP contribution in [0, 0.1) is 0 Å². The molecule has 1 N–H and O–H groups in total. The van der Waals surface area contributed by atoms with Gasteiger partial charge in [0.05, 0.1) is 19.0 Å². The van der Waals surface area contributed by atoms with E-state index in [4.69, 9.17) is 14.2 Å². The summed E-state index contributed by atoms with van der Waals surface area (Å²) >= 11 is 1.64. The van der Waals surface area contributed by atoms with E-state index in [1.54, 1.807) is 11.8 Å². The minimum atomic E-state index is -0.425. The van der Waals surface area contributed by atoms with Gasteiger partial charge in [0, 0.05) is 24.1 Å². The van der Waals surface area contributed by atoms with Crippen LogP contribution in [-0.2, 0) is 19.0 Å². The molecule has 2 rings (SSSR count). The quantitative estimate of drug-likeness (QED) is 0.800. The molecule has 1 aliphatic carbocycles. The third-order valence-corrected chi connectivity index (χ3v) is 5.14. The van der Waals surface area contributed by atoms with Crippen molar-refractivity contribution >= 4 is 17.7 Å². The summed E-state index contributed by atoms with van der Waals surface area (Å²) in [6, 6.07) is 0.385. The summed E-state index contributed by atoms with van der Waals surface area (Å²) in [7, 11) is 1.97. The normalized spacial score (nSPS) is 28.8. The van der Waals surface area contributed by atoms with Crippen LogP contribution in [0.3, 0.4) is 0 Å². The van der Waals surface area contributed by atoms with E-state index in [-0.39, 0.29) is 5.97 Å². The van der Waals surface area contributed by atoms with Crippen molar-refractivity contribution < 1.29 is 19.0 Å². The van der Waals surface area contributed by atoms with Crippen LogP contribution in [0.15, 0.2) is 0 Å². The Hall–Kier alpha value is -0.300. The van der Waals surface area contributed by atoms with Crippen molar-refractivity contribution in [1.82, 2.24) is 5.32 Å². The molecule has 2 fully saturated rings. The SMILES string of the molecule is CNC1CCC2(CC1SCC(=O)OC(C)(C)C)OCCO2. The molecule has 1 saturated heterocycles. The fourth-order valence-corrected chi connectivity index (χ4v) is 4.21. The molecule has 0 aromatic rings. The van der Waals surface area contributed by atoms with Gasteiger partial charge in [0.15, 0.2) is 5.79 Å². The number of nitrogens with one attached hydrogen (secondary N) is 1. The molecule has 2 aliphatic rings. The molecule has 0 aromatic heterocycles. The van der Waals surface area contributed by atoms with Crippen LogP contribution in [0.2, 0.25) is 0 Å². The van der Waals surface area contributed by atoms with Crippen LogP contribution in [0.4, 0.5) is 0 Å². The summed E-state index contributed by atoms with van der Waals surface area (Å²) in [4.78, 5) is 11.9. The minimum absolute atomic E-state index is 0.157. The van der Waals surface area contributed by atoms with E-state index in [2.05, 4.69) is 5.32 Å². The highest BCUT2D eigenvalue weighted by atomic mass is 32.2. The lowest BCUT2D eigenvalue weighted by Crippen LogP contribution is -2.49. The van der Waals surface area contributed by atoms with Crippen molar-refractivity contribution in [2.75, 3.05) is 26.0 Å². The number of carbonyl (C=O) groups is 1. The van der Waals surface area contributed by atoms with Gasteiger partial charge in [-0.1, -0.05) is 0 Å². The van der Waals surface area contributed by atoms with Gasteiger partial charge in [-0.3, -0.25) is 4.79 Å². The molecule has 5 nitrogen and oxygen atoms in total. The summed E-state index contributed by atoms with van der Waals surface area (Å²) in [6.07, 6.45) is 2.75. The summed E-state index contributed by atoms with van der Waals surface area (Å²) in [5.74, 6) is -0.204. The first kappa shape index (κ1) is 17.1. The van der Waals surface area contributed by atoms with Crippen molar-refractivity contribution in [3.8, 4) is 0 Å². The van der Waals surface area contributed by atoms with E-state index in [0.717, 1.165) is 19.3 Å². The van der Waals surface area contributed by atoms with Crippen molar-refractivity contribution in [2.24, 2.45) is 0 Å². The van der Waals surface area contributed by atoms with Gasteiger partial charge in [0.2, 0.25) is 0 Å². The maximum Gasteiger partial charge on any atom is 0.316 e. The number of hydrogen-bond acceptors (Lipinski definition) is 6. The van der Waals surface area contributed by atoms with Crippen LogP contribution >= 0.6 is 11.8 Å². The Morgan fingerprint density at radius 2 is 2.05 bits per heavy atom. The average Bonchev–Trinajstić information content (AvgIpc) is 2.83. The summed E-state index contributed by atoms with van der Waals surface area (Å²) in [6.45, 7) is 7.02. The van der Waals surface area contributed by atoms with Crippen LogP contribution in [0.5, 0.6) is 0 Å². The van der Waals surface area contributed by atoms with Crippen molar-refractivity contribution in [1.29, 1.82) is 0 Å². The maximum absolute atomic E-state index is 11.9. The maximum atomic E-state index is 11.9. The first-order valence-electron chi connectivity index (χ1n) is 7.62. The molecule has 6 heteroatoms. The second-order valence-corrected chi connectivity index (χ2v) is 7.91. The lowest BCUT2D eigenvalue weighted by atomic mass is 9.89. The molecular formula is C15H27NO4S. The van der Waals surface area contributed by atoms with E-state index < -0.39 is 11.4 Å². The van der Waals surface area contributed by atoms with Gasteiger partial charge < -0.3 is 19.5 Å². The number of esters is 1. The van der Waals surface area contributed by atoms with Gasteiger partial charge in [-0.15, -0.1) is 11.8 Å². The monoisotopic (exact) mass is 317 g/mol. The Morgan fingerprint density at radius 1 is 1.38 bits per heavy atom. The van der Waals surface area contributed by atoms with Crippen LogP contribution in [-0.4, -0.2) is 54.7 Å². The number of thioether (sulfide) groups is 1. The molecule has 0 amide bonds. The first-order chi connectivity index (χ1) is 9.84. The van der Waals surface area contributed by atoms with Crippen LogP contribution < -0.4 is 5.32 Å². The molecule has 1 saturated carbocycles. The molecule has 21 heavy (non-hydrogen) atoms. The topological polar surface area (TPSA) is 56.8 Å². The Balaban J connectivity index is 1.87. The molecule has 2 unspecified atom stereocenters. The third kappa shape index (κ3) is 4.84. The van der Waals surface area contributed by atoms with Crippen LogP contribution in [0.25, 0.3) is 0 Å². The molecule has 1 spiro atoms. The summed E-state index contributed by atoms with van der Waals surface area (Å²) < 4.78 is 17.0. The van der Waals surface area contributed by atoms with Crippen molar-refractivity contribution in [3.63, 3.8) is 0 Å². The smallest absolute Gasteiger partial charge is 0.316 e. The number of ether oxygens (including phenoxy) is 3. The second-order valence-electron chi connectivity index (χ2n) is 6.68. The number of rotatable bonds is 4. The zero-order chi connectivity index (χ0) is 15.5. The molecule has 0 aromatic carbocycles. The van der Waals surface area contributed by atoms with Gasteiger partial charge in [0.25, 0.3) is 0 Å². The first-order valence-corrected chi connectivity index (χ1v) is 8.67. The largest absolute Gasteiger partial charge is 0.459 e. The van der Waals surface area contributed by atoms with Gasteiger partial charge in [-0.05, 0) is 34.2 Å². The highest BCUT2D eigenvalue weighted by Crippen LogP contribution is 2.40. The van der Waals surface area contributed by atoms with Crippen LogP contribution in [0.1, 0.15) is 40.0 Å². The van der Waals surface area contributed by atoms with E-state index in [1.807, 2.05) is 27.8 Å². The van der Waals surface area contributed by atoms with Gasteiger partial charge >= 0.3 is 5.97 Å². The summed E-state index contributed by atoms with van der Waals surface area (Å²) in [5.41, 5.74) is -0.425. The predicted molar refractivity (Wildman–Crippen MR) is 83.4 cm³/mol. The van der Waals surface area contributed by atoms with Crippen molar-refractivity contribution in [3.05, 3.63) is 0 Å². The Kier molecular flexibility index (Phi) is 5.57. The Bertz CT molecular complexity index is 363. The zero-order valence-corrected chi connectivity index (χ0v) is 14.3. The van der Waals surface area contributed by atoms with E-state index in [1.165, 1.54) is 0 Å². The predicted octanol–water partition coefficient (Wildman–Crippen LogP) is 1.94.